The van der Waals surface area contributed by atoms with Crippen LogP contribution >= 0.6 is 11.8 Å². The van der Waals surface area contributed by atoms with Crippen molar-refractivity contribution in [2.45, 2.75) is 22.6 Å². The van der Waals surface area contributed by atoms with Crippen LogP contribution in [0.3, 0.4) is 0 Å². The largest absolute Gasteiger partial charge is 0.863 e. The van der Waals surface area contributed by atoms with Crippen LogP contribution in [0.1, 0.15) is 12.8 Å². The molecule has 1 N–H and O–H groups in total. The summed E-state index contributed by atoms with van der Waals surface area (Å²) in [5.74, 6) is -0.668. The number of non-ortho nitro benzene ring substituents is 1. The van der Waals surface area contributed by atoms with Crippen LogP contribution in [0.2, 0.25) is 0 Å². The zero-order valence-corrected chi connectivity index (χ0v) is 21.3. The Balaban J connectivity index is 0.000000188. The second kappa shape index (κ2) is 11.4. The van der Waals surface area contributed by atoms with Gasteiger partial charge in [-0.05, 0) is 37.1 Å². The predicted octanol–water partition coefficient (Wildman–Crippen LogP) is 3.70. The molecule has 0 radical (unpaired) electrons. The van der Waals surface area contributed by atoms with Crippen molar-refractivity contribution in [1.82, 2.24) is 0 Å². The van der Waals surface area contributed by atoms with E-state index in [0.717, 1.165) is 12.5 Å². The number of hydrogen-bond acceptors (Lipinski definition) is 9. The summed E-state index contributed by atoms with van der Waals surface area (Å²) in [5, 5.41) is 42.1. The number of para-hydroxylation sites is 2. The van der Waals surface area contributed by atoms with Crippen LogP contribution in [0.4, 0.5) is 28.4 Å². The van der Waals surface area contributed by atoms with Gasteiger partial charge in [-0.15, -0.1) is 0 Å². The third-order valence-corrected chi connectivity index (χ3v) is 7.59. The Hall–Kier alpha value is -4.23. The van der Waals surface area contributed by atoms with E-state index >= 15 is 0 Å². The van der Waals surface area contributed by atoms with E-state index in [1.165, 1.54) is 47.1 Å². The Labute approximate surface area is 221 Å². The molecule has 1 unspecified atom stereocenters. The molecule has 3 aromatic carbocycles. The fourth-order valence-electron chi connectivity index (χ4n) is 4.74. The molecule has 0 amide bonds. The Bertz CT molecular complexity index is 1310. The smallest absolute Gasteiger partial charge is 0.283 e. The van der Waals surface area contributed by atoms with E-state index in [-0.39, 0.29) is 0 Å². The summed E-state index contributed by atoms with van der Waals surface area (Å²) in [6.07, 6.45) is 2.73. The highest BCUT2D eigenvalue weighted by Gasteiger charge is 2.28. The normalized spacial score (nSPS) is 17.9. The number of benzene rings is 3. The van der Waals surface area contributed by atoms with Crippen LogP contribution in [0.15, 0.2) is 70.5 Å². The van der Waals surface area contributed by atoms with E-state index in [1.54, 1.807) is 4.90 Å². The molecule has 2 atom stereocenters. The number of nitrogens with one attached hydrogen (secondary N) is 1. The molecule has 1 fully saturated rings. The third-order valence-electron chi connectivity index (χ3n) is 6.46. The van der Waals surface area contributed by atoms with E-state index in [1.807, 2.05) is 11.8 Å². The van der Waals surface area contributed by atoms with Crippen LogP contribution in [0, 0.1) is 36.3 Å². The molecule has 5 rings (SSSR count). The average molecular weight is 540 g/mol. The van der Waals surface area contributed by atoms with Gasteiger partial charge >= 0.3 is 0 Å². The van der Waals surface area contributed by atoms with Crippen molar-refractivity contribution in [2.75, 3.05) is 31.6 Å². The van der Waals surface area contributed by atoms with Crippen LogP contribution in [-0.2, 0) is 0 Å². The summed E-state index contributed by atoms with van der Waals surface area (Å²) in [4.78, 5) is 34.5. The minimum Gasteiger partial charge on any atom is -0.863 e. The molecule has 38 heavy (non-hydrogen) atoms. The van der Waals surface area contributed by atoms with Gasteiger partial charge in [-0.3, -0.25) is 30.3 Å². The zero-order valence-electron chi connectivity index (χ0n) is 20.4. The Morgan fingerprint density at radius 1 is 0.895 bits per heavy atom. The van der Waals surface area contributed by atoms with Crippen LogP contribution < -0.4 is 14.9 Å². The maximum Gasteiger partial charge on any atom is 0.283 e. The van der Waals surface area contributed by atoms with Crippen molar-refractivity contribution < 1.29 is 24.8 Å². The molecular weight excluding hydrogens is 514 g/mol. The Morgan fingerprint density at radius 2 is 1.42 bits per heavy atom. The van der Waals surface area contributed by atoms with Crippen molar-refractivity contribution in [3.8, 4) is 5.75 Å². The second-order valence-electron chi connectivity index (χ2n) is 9.15. The molecule has 0 bridgehead atoms. The number of nitro groups is 3. The first-order valence-electron chi connectivity index (χ1n) is 11.9. The second-order valence-corrected chi connectivity index (χ2v) is 10.2. The average Bonchev–Trinajstić information content (AvgIpc) is 2.88. The van der Waals surface area contributed by atoms with Crippen LogP contribution in [0.5, 0.6) is 5.75 Å². The fraction of sp³-hybridized carbons (Fsp3) is 0.280. The predicted molar refractivity (Wildman–Crippen MR) is 139 cm³/mol. The van der Waals surface area contributed by atoms with Crippen molar-refractivity contribution >= 4 is 40.2 Å². The molecule has 0 aliphatic carbocycles. The molecular formula is C25H25N5O7S. The number of piperidine rings is 1. The lowest BCUT2D eigenvalue weighted by atomic mass is 9.97. The first kappa shape index (κ1) is 26.8. The number of hydrogen-bond donors (Lipinski definition) is 1. The summed E-state index contributed by atoms with van der Waals surface area (Å²) in [6.45, 7) is 3.78. The van der Waals surface area contributed by atoms with E-state index in [2.05, 4.69) is 60.5 Å². The number of quaternary nitrogens is 1. The molecule has 2 aliphatic heterocycles. The lowest BCUT2D eigenvalue weighted by molar-refractivity contribution is -0.888. The van der Waals surface area contributed by atoms with E-state index < -0.39 is 37.6 Å². The van der Waals surface area contributed by atoms with Crippen LogP contribution in [0.25, 0.3) is 0 Å². The van der Waals surface area contributed by atoms with Gasteiger partial charge in [0.05, 0.1) is 64.2 Å². The highest BCUT2D eigenvalue weighted by molar-refractivity contribution is 7.99. The minimum atomic E-state index is -1.46. The monoisotopic (exact) mass is 539 g/mol. The number of nitro benzene ring substituents is 3. The number of fused-ring (bicyclic) bond motifs is 2. The highest BCUT2D eigenvalue weighted by Crippen LogP contribution is 2.48. The van der Waals surface area contributed by atoms with Gasteiger partial charge in [-0.2, -0.15) is 0 Å². The molecule has 12 nitrogen and oxygen atoms in total. The fourth-order valence-corrected chi connectivity index (χ4v) is 5.84. The zero-order chi connectivity index (χ0) is 27.4. The molecule has 0 spiro atoms. The number of rotatable bonds is 5. The molecule has 198 valence electrons. The SMILES string of the molecule is C[NH+]1CCC[C@H](CN2c3ccccc3Sc3ccccc32)C1.O=[N+]([O-])c1cc([N+](=O)[O-])c([O-])c([N+](=O)[O-])c1. The number of anilines is 2. The molecule has 3 aromatic rings. The maximum atomic E-state index is 11.1. The highest BCUT2D eigenvalue weighted by atomic mass is 32.2. The molecule has 1 saturated heterocycles. The molecule has 13 heteroatoms. The van der Waals surface area contributed by atoms with Gasteiger partial charge in [0.25, 0.3) is 17.1 Å². The van der Waals surface area contributed by atoms with Crippen molar-refractivity contribution in [1.29, 1.82) is 0 Å². The van der Waals surface area contributed by atoms with Crippen LogP contribution in [-0.4, -0.2) is 41.5 Å². The third kappa shape index (κ3) is 5.84. The summed E-state index contributed by atoms with van der Waals surface area (Å²) in [6, 6.07) is 18.5. The number of nitrogens with zero attached hydrogens (tertiary/aromatic N) is 4. The lowest BCUT2D eigenvalue weighted by Crippen LogP contribution is -3.10. The Kier molecular flexibility index (Phi) is 8.08. The van der Waals surface area contributed by atoms with E-state index in [0.29, 0.717) is 12.1 Å². The molecule has 0 saturated carbocycles. The first-order valence-corrected chi connectivity index (χ1v) is 12.7. The van der Waals surface area contributed by atoms with Gasteiger partial charge < -0.3 is 14.9 Å². The van der Waals surface area contributed by atoms with E-state index in [9.17, 15) is 35.4 Å². The molecule has 0 aromatic heterocycles. The summed E-state index contributed by atoms with van der Waals surface area (Å²) in [7, 11) is 2.33. The van der Waals surface area contributed by atoms with Gasteiger partial charge in [-0.25, -0.2) is 0 Å². The summed E-state index contributed by atoms with van der Waals surface area (Å²) >= 11 is 1.90. The molecule has 2 aliphatic rings. The van der Waals surface area contributed by atoms with Crippen molar-refractivity contribution in [3.63, 3.8) is 0 Å². The van der Waals surface area contributed by atoms with Gasteiger partial charge in [0.1, 0.15) is 0 Å². The standard InChI is InChI=1S/C19H22N2S.C6H3N3O7/c1-20-12-6-7-15(13-20)14-21-16-8-2-4-10-18(16)22-19-11-5-3-9-17(19)21;10-6-4(8(13)14)1-3(7(11)12)2-5(6)9(15)16/h2-5,8-11,15H,6-7,12-14H2,1H3;1-2,10H/t15-;/m0./s1. The van der Waals surface area contributed by atoms with Crippen molar-refractivity contribution in [3.05, 3.63) is 91.0 Å². The lowest BCUT2D eigenvalue weighted by Gasteiger charge is -2.37. The Morgan fingerprint density at radius 3 is 1.89 bits per heavy atom. The van der Waals surface area contributed by atoms with Gasteiger partial charge in [-0.1, -0.05) is 36.0 Å². The minimum absolute atomic E-state index is 0.384. The topological polar surface area (TPSA) is 160 Å². The summed E-state index contributed by atoms with van der Waals surface area (Å²) in [5.41, 5.74) is -0.497. The van der Waals surface area contributed by atoms with E-state index in [4.69, 9.17) is 0 Å². The quantitative estimate of drug-likeness (QED) is 0.376. The molecule has 2 heterocycles. The first-order chi connectivity index (χ1) is 18.2. The number of likely N-dealkylation sites (tertiary alicyclic amines) is 1. The van der Waals surface area contributed by atoms with Gasteiger partial charge in [0.2, 0.25) is 0 Å². The van der Waals surface area contributed by atoms with Crippen molar-refractivity contribution in [2.24, 2.45) is 5.92 Å². The maximum absolute atomic E-state index is 11.1. The van der Waals surface area contributed by atoms with Gasteiger partial charge in [0, 0.05) is 22.3 Å². The summed E-state index contributed by atoms with van der Waals surface area (Å²) < 4.78 is 0. The van der Waals surface area contributed by atoms with Gasteiger partial charge in [0.15, 0.2) is 0 Å².